The summed E-state index contributed by atoms with van der Waals surface area (Å²) in [6.07, 6.45) is 14.0. The number of hydrogen-bond donors (Lipinski definition) is 6. The number of rotatable bonds is 21. The zero-order valence-electron chi connectivity index (χ0n) is 73.3. The smallest absolute Gasteiger partial charge is 0.458 e. The van der Waals surface area contributed by atoms with Crippen LogP contribution >= 0.6 is 66.7 Å². The van der Waals surface area contributed by atoms with Crippen LogP contribution < -0.4 is 38.6 Å². The Morgan fingerprint density at radius 1 is 0.406 bits per heavy atom. The predicted octanol–water partition coefficient (Wildman–Crippen LogP) is 16.6. The van der Waals surface area contributed by atoms with Gasteiger partial charge in [-0.3, -0.25) is 33.8 Å². The summed E-state index contributed by atoms with van der Waals surface area (Å²) in [5.74, 6) is 2.59. The van der Waals surface area contributed by atoms with Crippen LogP contribution in [0.3, 0.4) is 0 Å². The second-order valence-corrected chi connectivity index (χ2v) is 37.0. The van der Waals surface area contributed by atoms with Crippen LogP contribution in [-0.4, -0.2) is 174 Å². The van der Waals surface area contributed by atoms with Crippen molar-refractivity contribution in [1.29, 1.82) is 0 Å². The molecule has 5 aliphatic rings. The van der Waals surface area contributed by atoms with Crippen molar-refractivity contribution in [3.05, 3.63) is 245 Å². The summed E-state index contributed by atoms with van der Waals surface area (Å²) in [6, 6.07) is 42.2. The lowest BCUT2D eigenvalue weighted by Crippen LogP contribution is -2.41. The van der Waals surface area contributed by atoms with Crippen molar-refractivity contribution in [2.24, 2.45) is 0 Å². The third kappa shape index (κ3) is 26.1. The van der Waals surface area contributed by atoms with Gasteiger partial charge in [-0.25, -0.2) is 15.0 Å². The summed E-state index contributed by atoms with van der Waals surface area (Å²) in [4.78, 5) is 77.0. The molecule has 0 saturated carbocycles. The number of carbonyl (C=O) groups is 5. The third-order valence-corrected chi connectivity index (χ3v) is 24.6. The van der Waals surface area contributed by atoms with Crippen molar-refractivity contribution in [3.63, 3.8) is 0 Å². The average molecular weight is 1930 g/mol. The molecule has 128 heavy (non-hydrogen) atoms. The molecular weight excluding hydrogens is 1830 g/mol. The van der Waals surface area contributed by atoms with E-state index in [1.165, 1.54) is 18.2 Å². The molecule has 5 saturated heterocycles. The second kappa shape index (κ2) is 42.4. The number of hydrogen-bond acceptors (Lipinski definition) is 24. The van der Waals surface area contributed by atoms with E-state index in [-0.39, 0.29) is 71.3 Å². The Morgan fingerprint density at radius 3 is 1.11 bits per heavy atom. The molecule has 27 nitrogen and oxygen atoms in total. The number of Topliss-reactive ketones (excluding diaryl/α,β-unsaturated/α-hetero) is 2. The average Bonchev–Trinajstić information content (AvgIpc) is 1.60. The van der Waals surface area contributed by atoms with Crippen molar-refractivity contribution in [2.45, 2.75) is 136 Å². The second-order valence-electron chi connectivity index (χ2n) is 34.0. The number of furan rings is 3. The third-order valence-electron chi connectivity index (χ3n) is 22.8. The number of amides is 3. The minimum atomic E-state index is -0.520. The lowest BCUT2D eigenvalue weighted by atomic mass is 9.49. The van der Waals surface area contributed by atoms with Crippen molar-refractivity contribution < 1.29 is 74.6 Å². The van der Waals surface area contributed by atoms with E-state index in [9.17, 15) is 24.0 Å². The van der Waals surface area contributed by atoms with Gasteiger partial charge >= 0.3 is 21.1 Å². The van der Waals surface area contributed by atoms with E-state index < -0.39 is 32.3 Å². The zero-order chi connectivity index (χ0) is 92.0. The van der Waals surface area contributed by atoms with Gasteiger partial charge in [0.2, 0.25) is 17.7 Å². The van der Waals surface area contributed by atoms with Crippen LogP contribution in [0, 0.1) is 0 Å². The number of morpholine rings is 2. The molecule has 6 aromatic heterocycles. The molecule has 11 aromatic rings. The van der Waals surface area contributed by atoms with Gasteiger partial charge in [-0.2, -0.15) is 0 Å². The van der Waals surface area contributed by atoms with Crippen LogP contribution in [0.5, 0.6) is 0 Å². The Hall–Kier alpha value is -9.84. The molecule has 3 amide bonds. The molecule has 0 aliphatic carbocycles. The summed E-state index contributed by atoms with van der Waals surface area (Å²) in [5.41, 5.74) is 22.5. The van der Waals surface area contributed by atoms with Gasteiger partial charge in [-0.05, 0) is 232 Å². The summed E-state index contributed by atoms with van der Waals surface area (Å²) in [6.45, 7) is 31.8. The summed E-state index contributed by atoms with van der Waals surface area (Å²) in [5, 5.41) is 12.3. The van der Waals surface area contributed by atoms with Crippen LogP contribution in [0.2, 0.25) is 15.1 Å². The van der Waals surface area contributed by atoms with Gasteiger partial charge in [0, 0.05) is 99.2 Å². The van der Waals surface area contributed by atoms with Crippen LogP contribution in [0.4, 0.5) is 17.5 Å². The molecule has 5 aromatic carbocycles. The number of nitrogens with two attached hydrogens (primary N) is 3. The topological polar surface area (TPSA) is 358 Å². The number of halogens is 5. The molecule has 11 heterocycles. The van der Waals surface area contributed by atoms with Gasteiger partial charge in [0.05, 0.1) is 108 Å². The van der Waals surface area contributed by atoms with Gasteiger partial charge in [-0.15, -0.1) is 0 Å². The SMILES string of the molecule is CC1(C)OB(B2OC(C)(C)C(C)(C)O2)OC1(C)C.CC1(C)OB(c2cc(Cl)c3oc(CNC(=O)/C=C/c4ccc(N)nc4)cc3c2)OC1(C)C.Nc1ccc(/C=C/C(=O)NCc2cc3cc(-c4ccc(C(=O)CN5CCOCC5)cc4)cc(Cl)c3o2)cn1.Nc1ccc(/C=C/C(=O)NCc2cc3cc(Br)cc(Cl)c3o2)cn1.O=C(CN1CCOCC1)c1ccc(Br)cc1. The van der Waals surface area contributed by atoms with Crippen LogP contribution in [0.25, 0.3) is 62.3 Å². The quantitative estimate of drug-likeness (QED) is 0.0221. The fourth-order valence-electron chi connectivity index (χ4n) is 13.4. The van der Waals surface area contributed by atoms with E-state index in [4.69, 9.17) is 103 Å². The van der Waals surface area contributed by atoms with E-state index in [2.05, 4.69) is 72.6 Å². The van der Waals surface area contributed by atoms with Gasteiger partial charge < -0.3 is 83.8 Å². The predicted molar refractivity (Wildman–Crippen MR) is 511 cm³/mol. The number of benzene rings is 5. The van der Waals surface area contributed by atoms with E-state index in [1.807, 2.05) is 174 Å². The van der Waals surface area contributed by atoms with E-state index in [0.717, 1.165) is 103 Å². The molecule has 35 heteroatoms. The van der Waals surface area contributed by atoms with Gasteiger partial charge in [0.15, 0.2) is 28.3 Å². The van der Waals surface area contributed by atoms with E-state index >= 15 is 0 Å². The van der Waals surface area contributed by atoms with Crippen LogP contribution in [0.1, 0.15) is 138 Å². The number of ether oxygens (including phenoxy) is 2. The molecule has 0 bridgehead atoms. The fourth-order valence-corrected chi connectivity index (χ4v) is 15.0. The number of nitrogen functional groups attached to an aromatic ring is 3. The lowest BCUT2D eigenvalue weighted by molar-refractivity contribution is -0.117. The van der Waals surface area contributed by atoms with Crippen molar-refractivity contribution >= 4 is 191 Å². The summed E-state index contributed by atoms with van der Waals surface area (Å²) >= 11 is 25.9. The number of aromatic nitrogens is 3. The number of nitrogens with one attached hydrogen (secondary N) is 3. The molecule has 0 spiro atoms. The first-order valence-corrected chi connectivity index (χ1v) is 44.3. The van der Waals surface area contributed by atoms with Crippen molar-refractivity contribution in [2.75, 3.05) is 82.9 Å². The fraction of sp³-hybridized carbons (Fsp3) is 0.333. The highest BCUT2D eigenvalue weighted by Gasteiger charge is 2.64. The lowest BCUT2D eigenvalue weighted by Gasteiger charge is -2.32. The van der Waals surface area contributed by atoms with Crippen molar-refractivity contribution in [1.82, 2.24) is 40.7 Å². The number of pyridine rings is 3. The molecule has 9 N–H and O–H groups in total. The zero-order valence-corrected chi connectivity index (χ0v) is 78.7. The number of carbonyl (C=O) groups excluding carboxylic acids is 5. The van der Waals surface area contributed by atoms with Crippen molar-refractivity contribution in [3.8, 4) is 11.1 Å². The first kappa shape index (κ1) is 97.2. The highest BCUT2D eigenvalue weighted by atomic mass is 79.9. The van der Waals surface area contributed by atoms with Crippen LogP contribution in [0.15, 0.2) is 199 Å². The number of nitrogens with zero attached hydrogens (tertiary/aromatic N) is 5. The summed E-state index contributed by atoms with van der Waals surface area (Å²) in [7, 11) is -1.47. The maximum atomic E-state index is 12.7. The first-order chi connectivity index (χ1) is 60.6. The van der Waals surface area contributed by atoms with E-state index in [1.54, 1.807) is 85.3 Å². The number of anilines is 3. The minimum absolute atomic E-state index is 0.0911. The molecular formula is C93H103B3Br2Cl3N11O16. The van der Waals surface area contributed by atoms with Gasteiger partial charge in [-0.1, -0.05) is 109 Å². The highest BCUT2D eigenvalue weighted by Crippen LogP contribution is 2.44. The maximum absolute atomic E-state index is 12.7. The molecule has 5 fully saturated rings. The minimum Gasteiger partial charge on any atom is -0.458 e. The molecule has 0 unspecified atom stereocenters. The summed E-state index contributed by atoms with van der Waals surface area (Å²) < 4.78 is 66.0. The number of fused-ring (bicyclic) bond motifs is 3. The largest absolute Gasteiger partial charge is 0.494 e. The Labute approximate surface area is 776 Å². The molecule has 670 valence electrons. The Balaban J connectivity index is 0.000000150. The number of ketones is 2. The van der Waals surface area contributed by atoms with Crippen LogP contribution in [-0.2, 0) is 71.4 Å². The van der Waals surface area contributed by atoms with Gasteiger partial charge in [0.25, 0.3) is 0 Å². The monoisotopic (exact) mass is 1930 g/mol. The Kier molecular flexibility index (Phi) is 32.2. The maximum Gasteiger partial charge on any atom is 0.494 e. The highest BCUT2D eigenvalue weighted by molar-refractivity contribution is 9.10. The first-order valence-electron chi connectivity index (χ1n) is 41.6. The van der Waals surface area contributed by atoms with E-state index in [0.29, 0.717) is 98.4 Å². The molecule has 0 atom stereocenters. The molecule has 5 aliphatic heterocycles. The standard InChI is InChI=1S/C29H27ClN4O4.C23H25BClN3O4.C17H13BrClN3O2.C12H24B2O4.C12H14BrNO2/c30-25-15-22(20-3-5-21(6-4-20)26(35)18-34-9-11-37-12-10-34)13-23-14-24(38-29(23)25)17-33-28(36)8-2-19-1-7-27(31)32-16-19;1-22(2)23(3,4)32-24(31-22)16-9-15-10-17(30-21(15)18(25)11-16)13-28-20(29)8-6-14-5-7-19(26)27-12-14;18-12-5-11-6-13(24-17(11)14(19)7-12)9-22-16(23)4-2-10-1-3-15(20)21-8-10;1-9(2)10(3,4)16-13(15-9)14-17-11(5,6)12(7,8)18-14;13-11-3-1-10(2-4-11)12(15)9-14-5-7-16-8-6-14/h1-8,13-16H,9-12,17-18H2,(H2,31,32)(H,33,36);5-12H,13H2,1-4H3,(H2,26,27)(H,28,29);1-8H,9H2,(H2,20,21)(H,22,23);1-8H3;1-4H,5-9H2/b8-2+;8-6+;4-2+;;. The Morgan fingerprint density at radius 2 is 0.742 bits per heavy atom. The molecule has 16 rings (SSSR count). The molecule has 0 radical (unpaired) electrons. The Bertz CT molecular complexity index is 5760. The normalized spacial score (nSPS) is 17.3. The van der Waals surface area contributed by atoms with Gasteiger partial charge in [0.1, 0.15) is 34.7 Å².